The molecule has 1 aliphatic carbocycles. The van der Waals surface area contributed by atoms with Gasteiger partial charge in [0.15, 0.2) is 0 Å². The number of hydrogen-bond acceptors (Lipinski definition) is 2. The number of nitrogens with one attached hydrogen (secondary N) is 1. The Labute approximate surface area is 115 Å². The van der Waals surface area contributed by atoms with Gasteiger partial charge in [-0.3, -0.25) is 4.79 Å². The van der Waals surface area contributed by atoms with Crippen LogP contribution in [0.15, 0.2) is 24.3 Å². The van der Waals surface area contributed by atoms with Crippen LogP contribution in [-0.4, -0.2) is 5.91 Å². The van der Waals surface area contributed by atoms with Crippen LogP contribution in [-0.2, 0) is 4.79 Å². The van der Waals surface area contributed by atoms with Crippen LogP contribution < -0.4 is 11.1 Å². The molecular weight excluding hydrogens is 236 g/mol. The summed E-state index contributed by atoms with van der Waals surface area (Å²) in [5.41, 5.74) is 7.09. The molecule has 0 aliphatic heterocycles. The fourth-order valence-corrected chi connectivity index (χ4v) is 3.05. The zero-order valence-corrected chi connectivity index (χ0v) is 12.3. The number of nitrogens with two attached hydrogens (primary N) is 1. The van der Waals surface area contributed by atoms with E-state index in [0.717, 1.165) is 18.5 Å². The van der Waals surface area contributed by atoms with Gasteiger partial charge in [0.2, 0.25) is 5.91 Å². The Hall–Kier alpha value is -1.51. The van der Waals surface area contributed by atoms with E-state index in [4.69, 9.17) is 5.73 Å². The molecule has 1 amide bonds. The second-order valence-corrected chi connectivity index (χ2v) is 6.82. The third-order valence-electron chi connectivity index (χ3n) is 4.27. The first-order chi connectivity index (χ1) is 8.77. The molecule has 1 aromatic rings. The van der Waals surface area contributed by atoms with Gasteiger partial charge in [0.1, 0.15) is 0 Å². The van der Waals surface area contributed by atoms with E-state index >= 15 is 0 Å². The lowest BCUT2D eigenvalue weighted by atomic mass is 9.86. The maximum Gasteiger partial charge on any atom is 0.231 e. The fourth-order valence-electron chi connectivity index (χ4n) is 3.05. The van der Waals surface area contributed by atoms with Gasteiger partial charge in [-0.1, -0.05) is 27.7 Å². The van der Waals surface area contributed by atoms with Crippen LogP contribution in [0, 0.1) is 16.7 Å². The number of rotatable bonds is 4. The molecule has 1 fully saturated rings. The lowest BCUT2D eigenvalue weighted by Crippen LogP contribution is -2.29. The van der Waals surface area contributed by atoms with Crippen LogP contribution in [0.5, 0.6) is 0 Å². The van der Waals surface area contributed by atoms with E-state index in [9.17, 15) is 4.79 Å². The molecule has 1 unspecified atom stereocenters. The Morgan fingerprint density at radius 3 is 2.26 bits per heavy atom. The molecule has 0 radical (unpaired) electrons. The highest BCUT2D eigenvalue weighted by atomic mass is 16.2. The summed E-state index contributed by atoms with van der Waals surface area (Å²) >= 11 is 0. The van der Waals surface area contributed by atoms with Crippen LogP contribution in [0.25, 0.3) is 0 Å². The van der Waals surface area contributed by atoms with Crippen molar-refractivity contribution >= 4 is 17.3 Å². The van der Waals surface area contributed by atoms with Crippen LogP contribution in [0.2, 0.25) is 0 Å². The predicted octanol–water partition coefficient (Wildman–Crippen LogP) is 3.67. The van der Waals surface area contributed by atoms with Crippen LogP contribution in [0.3, 0.4) is 0 Å². The third-order valence-corrected chi connectivity index (χ3v) is 4.27. The molecule has 2 rings (SSSR count). The molecule has 3 nitrogen and oxygen atoms in total. The van der Waals surface area contributed by atoms with E-state index in [0.29, 0.717) is 11.6 Å². The summed E-state index contributed by atoms with van der Waals surface area (Å²) < 4.78 is 0. The van der Waals surface area contributed by atoms with Gasteiger partial charge in [0, 0.05) is 11.4 Å². The van der Waals surface area contributed by atoms with E-state index in [1.165, 1.54) is 0 Å². The van der Waals surface area contributed by atoms with Gasteiger partial charge in [0.05, 0.1) is 5.41 Å². The molecule has 0 saturated heterocycles. The normalized spacial score (nSPS) is 24.3. The third kappa shape index (κ3) is 2.60. The molecule has 0 bridgehead atoms. The van der Waals surface area contributed by atoms with Crippen molar-refractivity contribution in [2.24, 2.45) is 16.7 Å². The van der Waals surface area contributed by atoms with Gasteiger partial charge in [-0.05, 0) is 48.4 Å². The topological polar surface area (TPSA) is 55.1 Å². The largest absolute Gasteiger partial charge is 0.399 e. The molecule has 3 heteroatoms. The molecule has 0 spiro atoms. The minimum Gasteiger partial charge on any atom is -0.399 e. The molecule has 1 saturated carbocycles. The highest BCUT2D eigenvalue weighted by Crippen LogP contribution is 2.66. The van der Waals surface area contributed by atoms with Crippen molar-refractivity contribution in [2.45, 2.75) is 40.5 Å². The van der Waals surface area contributed by atoms with Gasteiger partial charge in [-0.15, -0.1) is 0 Å². The van der Waals surface area contributed by atoms with E-state index < -0.39 is 0 Å². The molecule has 0 aromatic heterocycles. The number of benzene rings is 1. The van der Waals surface area contributed by atoms with E-state index in [1.807, 2.05) is 24.3 Å². The molecule has 1 aliphatic rings. The molecule has 104 valence electrons. The first-order valence-corrected chi connectivity index (χ1v) is 6.94. The maximum absolute atomic E-state index is 12.6. The van der Waals surface area contributed by atoms with Crippen molar-refractivity contribution in [3.05, 3.63) is 24.3 Å². The van der Waals surface area contributed by atoms with Gasteiger partial charge >= 0.3 is 0 Å². The molecule has 1 atom stereocenters. The molecule has 1 aromatic carbocycles. The zero-order valence-electron chi connectivity index (χ0n) is 12.3. The number of carbonyl (C=O) groups excluding carboxylic acids is 1. The summed E-state index contributed by atoms with van der Waals surface area (Å²) in [6.07, 6.45) is 1.92. The first kappa shape index (κ1) is 13.9. The van der Waals surface area contributed by atoms with Gasteiger partial charge in [-0.25, -0.2) is 0 Å². The summed E-state index contributed by atoms with van der Waals surface area (Å²) in [6, 6.07) is 7.32. The van der Waals surface area contributed by atoms with Gasteiger partial charge in [-0.2, -0.15) is 0 Å². The number of carbonyl (C=O) groups is 1. The van der Waals surface area contributed by atoms with Crippen LogP contribution >= 0.6 is 0 Å². The lowest BCUT2D eigenvalue weighted by Gasteiger charge is -2.22. The second kappa shape index (κ2) is 4.55. The predicted molar refractivity (Wildman–Crippen MR) is 79.8 cm³/mol. The Balaban J connectivity index is 2.12. The second-order valence-electron chi connectivity index (χ2n) is 6.82. The SMILES string of the molecule is CC(C)CC1(C(=O)Nc2ccc(N)cc2)CC1(C)C. The first-order valence-electron chi connectivity index (χ1n) is 6.94. The Morgan fingerprint density at radius 2 is 1.84 bits per heavy atom. The standard InChI is InChI=1S/C16H24N2O/c1-11(2)9-16(10-15(16,3)4)14(19)18-13-7-5-12(17)6-8-13/h5-8,11H,9-10,17H2,1-4H3,(H,18,19). The minimum absolute atomic E-state index is 0.106. The lowest BCUT2D eigenvalue weighted by molar-refractivity contribution is -0.122. The summed E-state index contributed by atoms with van der Waals surface area (Å²) in [6.45, 7) is 8.70. The number of anilines is 2. The number of nitrogen functional groups attached to an aromatic ring is 1. The zero-order chi connectivity index (χ0) is 14.3. The van der Waals surface area contributed by atoms with Crippen LogP contribution in [0.1, 0.15) is 40.5 Å². The van der Waals surface area contributed by atoms with Crippen molar-refractivity contribution < 1.29 is 4.79 Å². The monoisotopic (exact) mass is 260 g/mol. The van der Waals surface area contributed by atoms with Crippen molar-refractivity contribution in [2.75, 3.05) is 11.1 Å². The quantitative estimate of drug-likeness (QED) is 0.811. The minimum atomic E-state index is -0.206. The van der Waals surface area contributed by atoms with Gasteiger partial charge < -0.3 is 11.1 Å². The highest BCUT2D eigenvalue weighted by Gasteiger charge is 2.65. The average Bonchev–Trinajstić information content (AvgIpc) is 2.84. The molecule has 19 heavy (non-hydrogen) atoms. The number of amides is 1. The summed E-state index contributed by atoms with van der Waals surface area (Å²) in [5, 5.41) is 3.04. The highest BCUT2D eigenvalue weighted by molar-refractivity contribution is 5.98. The Morgan fingerprint density at radius 1 is 1.32 bits per heavy atom. The van der Waals surface area contributed by atoms with Crippen molar-refractivity contribution in [1.29, 1.82) is 0 Å². The Kier molecular flexibility index (Phi) is 3.33. The van der Waals surface area contributed by atoms with Crippen LogP contribution in [0.4, 0.5) is 11.4 Å². The summed E-state index contributed by atoms with van der Waals surface area (Å²) in [4.78, 5) is 12.6. The maximum atomic E-state index is 12.6. The number of hydrogen-bond donors (Lipinski definition) is 2. The summed E-state index contributed by atoms with van der Waals surface area (Å²) in [5.74, 6) is 0.676. The fraction of sp³-hybridized carbons (Fsp3) is 0.562. The average molecular weight is 260 g/mol. The molecular formula is C16H24N2O. The summed E-state index contributed by atoms with van der Waals surface area (Å²) in [7, 11) is 0. The van der Waals surface area contributed by atoms with Crippen molar-refractivity contribution in [3.63, 3.8) is 0 Å². The van der Waals surface area contributed by atoms with Crippen molar-refractivity contribution in [3.8, 4) is 0 Å². The smallest absolute Gasteiger partial charge is 0.231 e. The molecule has 0 heterocycles. The van der Waals surface area contributed by atoms with E-state index in [2.05, 4.69) is 33.0 Å². The van der Waals surface area contributed by atoms with E-state index in [1.54, 1.807) is 0 Å². The Bertz CT molecular complexity index is 476. The van der Waals surface area contributed by atoms with Crippen molar-refractivity contribution in [1.82, 2.24) is 0 Å². The van der Waals surface area contributed by atoms with E-state index in [-0.39, 0.29) is 16.7 Å². The van der Waals surface area contributed by atoms with Gasteiger partial charge in [0.25, 0.3) is 0 Å². The molecule has 3 N–H and O–H groups in total.